The van der Waals surface area contributed by atoms with Gasteiger partial charge < -0.3 is 0 Å². The minimum absolute atomic E-state index is 0.113. The Morgan fingerprint density at radius 2 is 2.00 bits per heavy atom. The van der Waals surface area contributed by atoms with Gasteiger partial charge in [-0.15, -0.1) is 0 Å². The van der Waals surface area contributed by atoms with E-state index in [-0.39, 0.29) is 5.60 Å². The fourth-order valence-electron chi connectivity index (χ4n) is 0.377. The Balaban J connectivity index is 3.28. The normalized spacial score (nSPS) is 12.4. The summed E-state index contributed by atoms with van der Waals surface area (Å²) in [5.41, 5.74) is 2.63. The second-order valence-electron chi connectivity index (χ2n) is 3.14. The summed E-state index contributed by atoms with van der Waals surface area (Å²) in [7, 11) is 0. The van der Waals surface area contributed by atoms with E-state index in [9.17, 15) is 0 Å². The second kappa shape index (κ2) is 4.34. The SMILES string of the molecule is CC/C=C/NOC(C)(C)C. The lowest BCUT2D eigenvalue weighted by Gasteiger charge is -2.17. The molecule has 0 aromatic rings. The average molecular weight is 143 g/mol. The largest absolute Gasteiger partial charge is 0.274 e. The predicted molar refractivity (Wildman–Crippen MR) is 43.4 cm³/mol. The molecule has 0 amide bonds. The van der Waals surface area contributed by atoms with Gasteiger partial charge in [-0.05, 0) is 27.2 Å². The van der Waals surface area contributed by atoms with E-state index in [4.69, 9.17) is 4.84 Å². The standard InChI is InChI=1S/C8H17NO/c1-5-6-7-9-10-8(2,3)4/h6-7,9H,5H2,1-4H3/b7-6+. The Morgan fingerprint density at radius 3 is 2.40 bits per heavy atom. The van der Waals surface area contributed by atoms with Crippen LogP contribution in [-0.4, -0.2) is 5.60 Å². The van der Waals surface area contributed by atoms with Crippen molar-refractivity contribution >= 4 is 0 Å². The Labute approximate surface area is 63.2 Å². The number of nitrogens with one attached hydrogen (secondary N) is 1. The third-order valence-corrected chi connectivity index (χ3v) is 0.787. The molecule has 0 aliphatic heterocycles. The number of hydrogen-bond donors (Lipinski definition) is 1. The lowest BCUT2D eigenvalue weighted by Crippen LogP contribution is -2.25. The first-order valence-electron chi connectivity index (χ1n) is 3.65. The van der Waals surface area contributed by atoms with Gasteiger partial charge in [0.15, 0.2) is 0 Å². The minimum atomic E-state index is -0.113. The highest BCUT2D eigenvalue weighted by Crippen LogP contribution is 2.02. The molecule has 0 aliphatic carbocycles. The summed E-state index contributed by atoms with van der Waals surface area (Å²) < 4.78 is 0. The van der Waals surface area contributed by atoms with Crippen molar-refractivity contribution in [2.75, 3.05) is 0 Å². The molecule has 0 bridgehead atoms. The van der Waals surface area contributed by atoms with Crippen LogP contribution in [0.2, 0.25) is 0 Å². The Hall–Kier alpha value is -0.500. The summed E-state index contributed by atoms with van der Waals surface area (Å²) >= 11 is 0. The number of rotatable bonds is 3. The zero-order valence-corrected chi connectivity index (χ0v) is 7.27. The van der Waals surface area contributed by atoms with Crippen LogP contribution in [-0.2, 0) is 4.84 Å². The van der Waals surface area contributed by atoms with Gasteiger partial charge in [0, 0.05) is 6.20 Å². The van der Waals surface area contributed by atoms with Crippen LogP contribution in [0.1, 0.15) is 34.1 Å². The number of hydroxylamine groups is 1. The summed E-state index contributed by atoms with van der Waals surface area (Å²) in [4.78, 5) is 5.19. The van der Waals surface area contributed by atoms with Crippen LogP contribution < -0.4 is 5.48 Å². The molecule has 2 heteroatoms. The van der Waals surface area contributed by atoms with Gasteiger partial charge in [-0.2, -0.15) is 0 Å². The van der Waals surface area contributed by atoms with Crippen LogP contribution >= 0.6 is 0 Å². The molecule has 2 nitrogen and oxygen atoms in total. The van der Waals surface area contributed by atoms with Crippen LogP contribution in [0.15, 0.2) is 12.3 Å². The van der Waals surface area contributed by atoms with Crippen LogP contribution in [0.4, 0.5) is 0 Å². The molecule has 0 atom stereocenters. The molecular formula is C8H17NO. The van der Waals surface area contributed by atoms with E-state index in [0.29, 0.717) is 0 Å². The first-order chi connectivity index (χ1) is 4.56. The van der Waals surface area contributed by atoms with Crippen LogP contribution in [0.5, 0.6) is 0 Å². The van der Waals surface area contributed by atoms with E-state index >= 15 is 0 Å². The van der Waals surface area contributed by atoms with E-state index < -0.39 is 0 Å². The van der Waals surface area contributed by atoms with Crippen molar-refractivity contribution < 1.29 is 4.84 Å². The van der Waals surface area contributed by atoms with Crippen molar-refractivity contribution in [2.24, 2.45) is 0 Å². The zero-order valence-electron chi connectivity index (χ0n) is 7.27. The van der Waals surface area contributed by atoms with Crippen molar-refractivity contribution in [1.29, 1.82) is 0 Å². The van der Waals surface area contributed by atoms with E-state index in [1.807, 2.05) is 33.0 Å². The first kappa shape index (κ1) is 9.50. The number of allylic oxidation sites excluding steroid dienone is 1. The monoisotopic (exact) mass is 143 g/mol. The van der Waals surface area contributed by atoms with E-state index in [1.54, 1.807) is 0 Å². The first-order valence-corrected chi connectivity index (χ1v) is 3.65. The zero-order chi connectivity index (χ0) is 8.04. The molecule has 0 fully saturated rings. The van der Waals surface area contributed by atoms with Gasteiger partial charge in [0.25, 0.3) is 0 Å². The quantitative estimate of drug-likeness (QED) is 0.612. The molecule has 10 heavy (non-hydrogen) atoms. The van der Waals surface area contributed by atoms with Gasteiger partial charge in [-0.3, -0.25) is 10.3 Å². The number of hydrogen-bond acceptors (Lipinski definition) is 2. The molecular weight excluding hydrogens is 126 g/mol. The molecule has 0 aromatic carbocycles. The van der Waals surface area contributed by atoms with E-state index in [0.717, 1.165) is 6.42 Å². The molecule has 0 aliphatic rings. The minimum Gasteiger partial charge on any atom is -0.274 e. The van der Waals surface area contributed by atoms with Crippen LogP contribution in [0.25, 0.3) is 0 Å². The highest BCUT2D eigenvalue weighted by atomic mass is 16.7. The van der Waals surface area contributed by atoms with Crippen molar-refractivity contribution in [3.05, 3.63) is 12.3 Å². The van der Waals surface area contributed by atoms with Gasteiger partial charge in [0.1, 0.15) is 0 Å². The van der Waals surface area contributed by atoms with Gasteiger partial charge in [0.05, 0.1) is 5.60 Å². The topological polar surface area (TPSA) is 21.3 Å². The molecule has 0 unspecified atom stereocenters. The fraction of sp³-hybridized carbons (Fsp3) is 0.750. The molecule has 0 rings (SSSR count). The predicted octanol–water partition coefficient (Wildman–Crippen LogP) is 2.23. The molecule has 0 heterocycles. The molecule has 0 saturated carbocycles. The molecule has 0 aromatic heterocycles. The lowest BCUT2D eigenvalue weighted by atomic mass is 10.2. The van der Waals surface area contributed by atoms with E-state index in [1.165, 1.54) is 0 Å². The fourth-order valence-corrected chi connectivity index (χ4v) is 0.377. The maximum Gasteiger partial charge on any atom is 0.0876 e. The Morgan fingerprint density at radius 1 is 1.40 bits per heavy atom. The third-order valence-electron chi connectivity index (χ3n) is 0.787. The molecule has 0 spiro atoms. The van der Waals surface area contributed by atoms with Gasteiger partial charge in [-0.25, -0.2) is 0 Å². The summed E-state index contributed by atoms with van der Waals surface area (Å²) in [6.07, 6.45) is 4.84. The molecule has 1 N–H and O–H groups in total. The molecule has 0 radical (unpaired) electrons. The summed E-state index contributed by atoms with van der Waals surface area (Å²) in [6, 6.07) is 0. The Kier molecular flexibility index (Phi) is 4.12. The average Bonchev–Trinajstić information content (AvgIpc) is 1.78. The van der Waals surface area contributed by atoms with Crippen LogP contribution in [0, 0.1) is 0 Å². The third kappa shape index (κ3) is 7.50. The van der Waals surface area contributed by atoms with Crippen LogP contribution in [0.3, 0.4) is 0 Å². The van der Waals surface area contributed by atoms with E-state index in [2.05, 4.69) is 12.4 Å². The lowest BCUT2D eigenvalue weighted by molar-refractivity contribution is -0.0522. The molecule has 60 valence electrons. The van der Waals surface area contributed by atoms with Gasteiger partial charge in [0.2, 0.25) is 0 Å². The summed E-state index contributed by atoms with van der Waals surface area (Å²) in [5.74, 6) is 0. The van der Waals surface area contributed by atoms with Crippen molar-refractivity contribution in [3.63, 3.8) is 0 Å². The maximum absolute atomic E-state index is 5.19. The van der Waals surface area contributed by atoms with Crippen molar-refractivity contribution in [3.8, 4) is 0 Å². The molecule has 0 saturated heterocycles. The summed E-state index contributed by atoms with van der Waals surface area (Å²) in [5, 5.41) is 0. The second-order valence-corrected chi connectivity index (χ2v) is 3.14. The van der Waals surface area contributed by atoms with Crippen molar-refractivity contribution in [1.82, 2.24) is 5.48 Å². The highest BCUT2D eigenvalue weighted by Gasteiger charge is 2.08. The highest BCUT2D eigenvalue weighted by molar-refractivity contribution is 4.74. The Bertz CT molecular complexity index is 102. The van der Waals surface area contributed by atoms with Crippen molar-refractivity contribution in [2.45, 2.75) is 39.7 Å². The van der Waals surface area contributed by atoms with Gasteiger partial charge in [-0.1, -0.05) is 13.0 Å². The summed E-state index contributed by atoms with van der Waals surface area (Å²) in [6.45, 7) is 8.08. The van der Waals surface area contributed by atoms with Gasteiger partial charge >= 0.3 is 0 Å². The smallest absolute Gasteiger partial charge is 0.0876 e. The maximum atomic E-state index is 5.19.